The first-order chi connectivity index (χ1) is 16.9. The van der Waals surface area contributed by atoms with E-state index in [9.17, 15) is 9.59 Å². The van der Waals surface area contributed by atoms with Crippen molar-refractivity contribution in [3.8, 4) is 17.3 Å². The molecule has 1 N–H and O–H groups in total. The van der Waals surface area contributed by atoms with Crippen molar-refractivity contribution in [3.63, 3.8) is 0 Å². The Morgan fingerprint density at radius 1 is 1.14 bits per heavy atom. The molecule has 0 radical (unpaired) electrons. The number of benzene rings is 2. The number of esters is 1. The van der Waals surface area contributed by atoms with E-state index in [2.05, 4.69) is 15.5 Å². The summed E-state index contributed by atoms with van der Waals surface area (Å²) >= 11 is 1.27. The molecule has 0 spiro atoms. The van der Waals surface area contributed by atoms with Crippen LogP contribution in [0.2, 0.25) is 0 Å². The van der Waals surface area contributed by atoms with Gasteiger partial charge in [-0.05, 0) is 51.1 Å². The van der Waals surface area contributed by atoms with E-state index in [-0.39, 0.29) is 17.8 Å². The van der Waals surface area contributed by atoms with E-state index in [0.29, 0.717) is 45.9 Å². The minimum absolute atomic E-state index is 0.118. The molecule has 4 aromatic rings. The van der Waals surface area contributed by atoms with Gasteiger partial charge < -0.3 is 19.2 Å². The molecule has 0 saturated carbocycles. The van der Waals surface area contributed by atoms with E-state index in [0.717, 1.165) is 5.39 Å². The van der Waals surface area contributed by atoms with Crippen molar-refractivity contribution in [2.75, 3.05) is 18.2 Å². The number of carbonyl (C=O) groups excluding carboxylic acids is 2. The molecule has 0 bridgehead atoms. The molecule has 2 aromatic heterocycles. The van der Waals surface area contributed by atoms with Crippen molar-refractivity contribution in [2.45, 2.75) is 38.6 Å². The lowest BCUT2D eigenvalue weighted by Crippen LogP contribution is -2.16. The zero-order chi connectivity index (χ0) is 24.9. The van der Waals surface area contributed by atoms with Gasteiger partial charge in [-0.1, -0.05) is 30.0 Å². The molecule has 2 heterocycles. The van der Waals surface area contributed by atoms with Crippen molar-refractivity contribution >= 4 is 40.3 Å². The second-order valence-electron chi connectivity index (χ2n) is 7.91. The third-order valence-corrected chi connectivity index (χ3v) is 6.01. The molecular formula is C25H26N4O5S. The summed E-state index contributed by atoms with van der Waals surface area (Å²) in [5.41, 5.74) is 1.54. The molecule has 0 aliphatic rings. The highest BCUT2D eigenvalue weighted by atomic mass is 32.2. The van der Waals surface area contributed by atoms with E-state index in [1.54, 1.807) is 45.2 Å². The fraction of sp³-hybridized carbons (Fsp3) is 0.280. The molecule has 2 aromatic carbocycles. The lowest BCUT2D eigenvalue weighted by Gasteiger charge is -2.10. The Morgan fingerprint density at radius 3 is 2.69 bits per heavy atom. The number of amides is 1. The second kappa shape index (κ2) is 10.6. The number of methoxy groups -OCH3 is 1. The number of hydrogen-bond donors (Lipinski definition) is 1. The van der Waals surface area contributed by atoms with Crippen LogP contribution >= 0.6 is 11.8 Å². The summed E-state index contributed by atoms with van der Waals surface area (Å²) in [6, 6.07) is 14.2. The molecule has 0 aliphatic carbocycles. The van der Waals surface area contributed by atoms with Crippen LogP contribution in [0, 0.1) is 0 Å². The molecule has 1 amide bonds. The van der Waals surface area contributed by atoms with Gasteiger partial charge in [0.2, 0.25) is 11.7 Å². The van der Waals surface area contributed by atoms with Gasteiger partial charge in [0.25, 0.3) is 0 Å². The van der Waals surface area contributed by atoms with E-state index in [4.69, 9.17) is 13.9 Å². The summed E-state index contributed by atoms with van der Waals surface area (Å²) in [7, 11) is 1.60. The number of para-hydroxylation sites is 1. The number of thioether (sulfide) groups is 1. The van der Waals surface area contributed by atoms with Crippen LogP contribution < -0.4 is 10.1 Å². The Bertz CT molecular complexity index is 1360. The fourth-order valence-corrected chi connectivity index (χ4v) is 4.31. The van der Waals surface area contributed by atoms with Crippen molar-refractivity contribution < 1.29 is 23.5 Å². The van der Waals surface area contributed by atoms with Crippen LogP contribution in [0.3, 0.4) is 0 Å². The molecular weight excluding hydrogens is 468 g/mol. The van der Waals surface area contributed by atoms with Gasteiger partial charge >= 0.3 is 5.97 Å². The van der Waals surface area contributed by atoms with Gasteiger partial charge in [0.15, 0.2) is 22.2 Å². The van der Waals surface area contributed by atoms with Crippen LogP contribution in [-0.2, 0) is 16.1 Å². The smallest absolute Gasteiger partial charge is 0.338 e. The number of nitrogens with zero attached hydrogens (tertiary/aromatic N) is 3. The number of nitrogens with one attached hydrogen (secondary N) is 1. The van der Waals surface area contributed by atoms with E-state index < -0.39 is 5.97 Å². The molecule has 10 heteroatoms. The maximum Gasteiger partial charge on any atom is 0.338 e. The molecule has 182 valence electrons. The van der Waals surface area contributed by atoms with Crippen LogP contribution in [-0.4, -0.2) is 45.6 Å². The Hall–Kier alpha value is -3.79. The van der Waals surface area contributed by atoms with Crippen LogP contribution in [0.5, 0.6) is 5.75 Å². The van der Waals surface area contributed by atoms with Crippen molar-refractivity contribution in [2.24, 2.45) is 0 Å². The molecule has 0 saturated heterocycles. The SMILES string of the molecule is CCn1c(SCC(=O)Nc2cccc(C(=O)OC(C)C)c2)nnc1-c1cc2cccc(OC)c2o1. The highest BCUT2D eigenvalue weighted by Crippen LogP contribution is 2.33. The number of furan rings is 1. The molecule has 4 rings (SSSR count). The summed E-state index contributed by atoms with van der Waals surface area (Å²) in [4.78, 5) is 24.7. The lowest BCUT2D eigenvalue weighted by atomic mass is 10.2. The predicted molar refractivity (Wildman–Crippen MR) is 134 cm³/mol. The summed E-state index contributed by atoms with van der Waals surface area (Å²) < 4.78 is 18.5. The molecule has 0 atom stereocenters. The fourth-order valence-electron chi connectivity index (χ4n) is 3.50. The van der Waals surface area contributed by atoms with E-state index in [1.165, 1.54) is 11.8 Å². The molecule has 0 unspecified atom stereocenters. The zero-order valence-corrected chi connectivity index (χ0v) is 20.7. The topological polar surface area (TPSA) is 108 Å². The van der Waals surface area contributed by atoms with Gasteiger partial charge in [-0.15, -0.1) is 10.2 Å². The predicted octanol–water partition coefficient (Wildman–Crippen LogP) is 5.02. The van der Waals surface area contributed by atoms with Crippen LogP contribution in [0.15, 0.2) is 58.1 Å². The molecule has 35 heavy (non-hydrogen) atoms. The van der Waals surface area contributed by atoms with E-state index >= 15 is 0 Å². The van der Waals surface area contributed by atoms with Gasteiger partial charge in [0, 0.05) is 17.6 Å². The third kappa shape index (κ3) is 5.48. The number of aromatic nitrogens is 3. The Morgan fingerprint density at radius 2 is 1.94 bits per heavy atom. The Kier molecular flexibility index (Phi) is 7.40. The monoisotopic (exact) mass is 494 g/mol. The number of rotatable bonds is 9. The van der Waals surface area contributed by atoms with Crippen molar-refractivity contribution in [1.82, 2.24) is 14.8 Å². The largest absolute Gasteiger partial charge is 0.493 e. The minimum atomic E-state index is -0.433. The summed E-state index contributed by atoms with van der Waals surface area (Å²) in [6.07, 6.45) is -0.223. The summed E-state index contributed by atoms with van der Waals surface area (Å²) in [6.45, 7) is 6.14. The highest BCUT2D eigenvalue weighted by Gasteiger charge is 2.19. The molecule has 9 nitrogen and oxygen atoms in total. The zero-order valence-electron chi connectivity index (χ0n) is 19.9. The van der Waals surface area contributed by atoms with E-state index in [1.807, 2.05) is 35.8 Å². The first kappa shape index (κ1) is 24.3. The first-order valence-electron chi connectivity index (χ1n) is 11.1. The van der Waals surface area contributed by atoms with Gasteiger partial charge in [-0.3, -0.25) is 9.36 Å². The quantitative estimate of drug-likeness (QED) is 0.255. The Labute approximate surface area is 206 Å². The van der Waals surface area contributed by atoms with Crippen molar-refractivity contribution in [3.05, 3.63) is 54.1 Å². The first-order valence-corrected chi connectivity index (χ1v) is 12.1. The molecule has 0 aliphatic heterocycles. The standard InChI is InChI=1S/C25H26N4O5S/c1-5-29-23(20-13-16-8-7-11-19(32-4)22(16)34-20)27-28-25(29)35-14-21(30)26-18-10-6-9-17(12-18)24(31)33-15(2)3/h6-13,15H,5,14H2,1-4H3,(H,26,30). The second-order valence-corrected chi connectivity index (χ2v) is 8.85. The Balaban J connectivity index is 1.45. The van der Waals surface area contributed by atoms with Crippen LogP contribution in [0.4, 0.5) is 5.69 Å². The maximum absolute atomic E-state index is 12.6. The lowest BCUT2D eigenvalue weighted by molar-refractivity contribution is -0.113. The minimum Gasteiger partial charge on any atom is -0.493 e. The third-order valence-electron chi connectivity index (χ3n) is 5.04. The van der Waals surface area contributed by atoms with Crippen LogP contribution in [0.25, 0.3) is 22.6 Å². The number of fused-ring (bicyclic) bond motifs is 1. The average molecular weight is 495 g/mol. The number of hydrogen-bond acceptors (Lipinski definition) is 8. The highest BCUT2D eigenvalue weighted by molar-refractivity contribution is 7.99. The van der Waals surface area contributed by atoms with Gasteiger partial charge in [-0.2, -0.15) is 0 Å². The summed E-state index contributed by atoms with van der Waals surface area (Å²) in [5, 5.41) is 12.9. The number of ether oxygens (including phenoxy) is 2. The molecule has 0 fully saturated rings. The van der Waals surface area contributed by atoms with Gasteiger partial charge in [0.05, 0.1) is 24.5 Å². The van der Waals surface area contributed by atoms with Crippen molar-refractivity contribution in [1.29, 1.82) is 0 Å². The number of carbonyl (C=O) groups is 2. The normalized spacial score (nSPS) is 11.1. The number of anilines is 1. The summed E-state index contributed by atoms with van der Waals surface area (Å²) in [5.74, 6) is 1.24. The van der Waals surface area contributed by atoms with Crippen LogP contribution in [0.1, 0.15) is 31.1 Å². The van der Waals surface area contributed by atoms with Gasteiger partial charge in [-0.25, -0.2) is 4.79 Å². The average Bonchev–Trinajstić information content (AvgIpc) is 3.45. The van der Waals surface area contributed by atoms with Gasteiger partial charge in [0.1, 0.15) is 0 Å². The maximum atomic E-state index is 12.6.